The number of aliphatic carboxylic acids is 1. The van der Waals surface area contributed by atoms with Gasteiger partial charge in [0, 0.05) is 12.5 Å². The van der Waals surface area contributed by atoms with Gasteiger partial charge in [0.15, 0.2) is 0 Å². The Hall–Kier alpha value is -1.55. The number of carboxylic acids is 1. The molecule has 0 spiro atoms. The van der Waals surface area contributed by atoms with E-state index >= 15 is 0 Å². The van der Waals surface area contributed by atoms with E-state index in [4.69, 9.17) is 9.84 Å². The minimum Gasteiger partial charge on any atom is -0.493 e. The van der Waals surface area contributed by atoms with Crippen LogP contribution in [-0.2, 0) is 4.79 Å². The smallest absolute Gasteiger partial charge is 0.317 e. The van der Waals surface area contributed by atoms with Crippen molar-refractivity contribution in [2.45, 2.75) is 32.6 Å². The first-order valence-corrected chi connectivity index (χ1v) is 7.71. The molecule has 1 atom stereocenters. The van der Waals surface area contributed by atoms with Gasteiger partial charge >= 0.3 is 5.97 Å². The molecule has 0 aliphatic carbocycles. The molecule has 0 aromatic heterocycles. The largest absolute Gasteiger partial charge is 0.493 e. The molecule has 1 aliphatic heterocycles. The first kappa shape index (κ1) is 15.8. The Morgan fingerprint density at radius 1 is 1.38 bits per heavy atom. The summed E-state index contributed by atoms with van der Waals surface area (Å²) in [5, 5.41) is 8.86. The van der Waals surface area contributed by atoms with Gasteiger partial charge in [-0.2, -0.15) is 0 Å². The highest BCUT2D eigenvalue weighted by Gasteiger charge is 2.21. The van der Waals surface area contributed by atoms with Crippen LogP contribution < -0.4 is 4.74 Å². The fraction of sp³-hybridized carbons (Fsp3) is 0.588. The molecule has 4 heteroatoms. The Bertz CT molecular complexity index is 456. The molecule has 1 aliphatic rings. The number of carboxylic acid groups (broad SMARTS) is 1. The summed E-state index contributed by atoms with van der Waals surface area (Å²) in [7, 11) is 0. The van der Waals surface area contributed by atoms with Gasteiger partial charge in [-0.15, -0.1) is 0 Å². The van der Waals surface area contributed by atoms with Crippen LogP contribution in [0.15, 0.2) is 24.3 Å². The van der Waals surface area contributed by atoms with Gasteiger partial charge in [-0.05, 0) is 43.0 Å². The summed E-state index contributed by atoms with van der Waals surface area (Å²) in [6.07, 6.45) is 2.16. The summed E-state index contributed by atoms with van der Waals surface area (Å²) in [5.74, 6) is 1.10. The molecule has 0 amide bonds. The van der Waals surface area contributed by atoms with E-state index in [0.717, 1.165) is 31.7 Å². The topological polar surface area (TPSA) is 49.8 Å². The lowest BCUT2D eigenvalue weighted by Crippen LogP contribution is -2.40. The minimum absolute atomic E-state index is 0.138. The maximum atomic E-state index is 10.8. The quantitative estimate of drug-likeness (QED) is 0.875. The fourth-order valence-electron chi connectivity index (χ4n) is 2.79. The average molecular weight is 291 g/mol. The second-order valence-electron chi connectivity index (χ2n) is 6.17. The molecule has 1 aromatic carbocycles. The summed E-state index contributed by atoms with van der Waals surface area (Å²) < 4.78 is 5.86. The van der Waals surface area contributed by atoms with Gasteiger partial charge in [0.2, 0.25) is 0 Å². The Labute approximate surface area is 126 Å². The number of piperidine rings is 1. The third-order valence-corrected chi connectivity index (χ3v) is 3.99. The fourth-order valence-corrected chi connectivity index (χ4v) is 2.79. The molecule has 2 rings (SSSR count). The number of likely N-dealkylation sites (tertiary alicyclic amines) is 1. The van der Waals surface area contributed by atoms with Crippen LogP contribution in [0, 0.1) is 5.92 Å². The van der Waals surface area contributed by atoms with Crippen molar-refractivity contribution in [3.8, 4) is 5.75 Å². The predicted molar refractivity (Wildman–Crippen MR) is 82.8 cm³/mol. The van der Waals surface area contributed by atoms with Crippen LogP contribution in [0.25, 0.3) is 0 Å². The van der Waals surface area contributed by atoms with Gasteiger partial charge < -0.3 is 9.84 Å². The van der Waals surface area contributed by atoms with Gasteiger partial charge in [-0.25, -0.2) is 0 Å². The highest BCUT2D eigenvalue weighted by molar-refractivity contribution is 5.69. The van der Waals surface area contributed by atoms with Crippen LogP contribution in [-0.4, -0.2) is 42.2 Å². The van der Waals surface area contributed by atoms with Crippen LogP contribution in [0.5, 0.6) is 5.75 Å². The summed E-state index contributed by atoms with van der Waals surface area (Å²) >= 11 is 0. The van der Waals surface area contributed by atoms with Crippen molar-refractivity contribution in [3.05, 3.63) is 29.8 Å². The number of benzene rings is 1. The Kier molecular flexibility index (Phi) is 5.62. The third-order valence-electron chi connectivity index (χ3n) is 3.99. The maximum Gasteiger partial charge on any atom is 0.317 e. The molecular formula is C17H25NO3. The van der Waals surface area contributed by atoms with Gasteiger partial charge in [0.25, 0.3) is 0 Å². The van der Waals surface area contributed by atoms with Crippen LogP contribution >= 0.6 is 0 Å². The monoisotopic (exact) mass is 291 g/mol. The van der Waals surface area contributed by atoms with Crippen molar-refractivity contribution < 1.29 is 14.6 Å². The molecule has 1 aromatic rings. The van der Waals surface area contributed by atoms with E-state index in [1.165, 1.54) is 5.56 Å². The SMILES string of the molecule is CC(C)c1ccc(OCC2CCCN(CC(=O)O)C2)cc1. The molecule has 0 bridgehead atoms. The molecule has 0 saturated carbocycles. The Morgan fingerprint density at radius 3 is 2.71 bits per heavy atom. The molecule has 21 heavy (non-hydrogen) atoms. The Balaban J connectivity index is 1.80. The number of ether oxygens (including phenoxy) is 1. The van der Waals surface area contributed by atoms with Crippen LogP contribution in [0.2, 0.25) is 0 Å². The zero-order valence-corrected chi connectivity index (χ0v) is 12.9. The molecule has 1 saturated heterocycles. The number of hydrogen-bond acceptors (Lipinski definition) is 3. The summed E-state index contributed by atoms with van der Waals surface area (Å²) in [6, 6.07) is 8.26. The van der Waals surface area contributed by atoms with E-state index in [1.54, 1.807) is 0 Å². The van der Waals surface area contributed by atoms with Crippen LogP contribution in [0.4, 0.5) is 0 Å². The van der Waals surface area contributed by atoms with Crippen molar-refractivity contribution in [2.24, 2.45) is 5.92 Å². The zero-order chi connectivity index (χ0) is 15.2. The van der Waals surface area contributed by atoms with Crippen LogP contribution in [0.1, 0.15) is 38.2 Å². The molecule has 1 heterocycles. The van der Waals surface area contributed by atoms with Gasteiger partial charge in [-0.1, -0.05) is 26.0 Å². The molecule has 1 unspecified atom stereocenters. The summed E-state index contributed by atoms with van der Waals surface area (Å²) in [5.41, 5.74) is 1.31. The molecule has 1 N–H and O–H groups in total. The third kappa shape index (κ3) is 5.05. The molecule has 4 nitrogen and oxygen atoms in total. The molecule has 0 radical (unpaired) electrons. The lowest BCUT2D eigenvalue weighted by atomic mass is 9.99. The van der Waals surface area contributed by atoms with Crippen LogP contribution in [0.3, 0.4) is 0 Å². The van der Waals surface area contributed by atoms with E-state index in [1.807, 2.05) is 17.0 Å². The van der Waals surface area contributed by atoms with E-state index in [0.29, 0.717) is 18.4 Å². The summed E-state index contributed by atoms with van der Waals surface area (Å²) in [6.45, 7) is 6.85. The summed E-state index contributed by atoms with van der Waals surface area (Å²) in [4.78, 5) is 12.8. The number of carbonyl (C=O) groups is 1. The maximum absolute atomic E-state index is 10.8. The second-order valence-corrected chi connectivity index (χ2v) is 6.17. The first-order chi connectivity index (χ1) is 10.0. The number of hydrogen-bond donors (Lipinski definition) is 1. The van der Waals surface area contributed by atoms with E-state index < -0.39 is 5.97 Å². The van der Waals surface area contributed by atoms with Crippen molar-refractivity contribution in [3.63, 3.8) is 0 Å². The highest BCUT2D eigenvalue weighted by Crippen LogP contribution is 2.21. The second kappa shape index (κ2) is 7.46. The van der Waals surface area contributed by atoms with E-state index in [-0.39, 0.29) is 6.54 Å². The minimum atomic E-state index is -0.749. The lowest BCUT2D eigenvalue weighted by Gasteiger charge is -2.31. The zero-order valence-electron chi connectivity index (χ0n) is 12.9. The Morgan fingerprint density at radius 2 is 2.10 bits per heavy atom. The van der Waals surface area contributed by atoms with E-state index in [9.17, 15) is 4.79 Å². The lowest BCUT2D eigenvalue weighted by molar-refractivity contribution is -0.138. The number of nitrogens with zero attached hydrogens (tertiary/aromatic N) is 1. The standard InChI is InChI=1S/C17H25NO3/c1-13(2)15-5-7-16(8-6-15)21-12-14-4-3-9-18(10-14)11-17(19)20/h5-8,13-14H,3-4,9-12H2,1-2H3,(H,19,20). The number of rotatable bonds is 6. The highest BCUT2D eigenvalue weighted by atomic mass is 16.5. The van der Waals surface area contributed by atoms with Crippen molar-refractivity contribution in [2.75, 3.05) is 26.2 Å². The molecule has 1 fully saturated rings. The molecule has 116 valence electrons. The van der Waals surface area contributed by atoms with Gasteiger partial charge in [0.05, 0.1) is 13.2 Å². The van der Waals surface area contributed by atoms with Gasteiger partial charge in [-0.3, -0.25) is 9.69 Å². The van der Waals surface area contributed by atoms with Gasteiger partial charge in [0.1, 0.15) is 5.75 Å². The normalized spacial score (nSPS) is 19.7. The van der Waals surface area contributed by atoms with E-state index in [2.05, 4.69) is 26.0 Å². The predicted octanol–water partition coefficient (Wildman–Crippen LogP) is 2.99. The first-order valence-electron chi connectivity index (χ1n) is 7.71. The van der Waals surface area contributed by atoms with Crippen molar-refractivity contribution >= 4 is 5.97 Å². The van der Waals surface area contributed by atoms with Crippen molar-refractivity contribution in [1.29, 1.82) is 0 Å². The van der Waals surface area contributed by atoms with Crippen molar-refractivity contribution in [1.82, 2.24) is 4.90 Å². The average Bonchev–Trinajstić information content (AvgIpc) is 2.45. The molecular weight excluding hydrogens is 266 g/mol.